The number of hydrogen-bond acceptors (Lipinski definition) is 3. The lowest BCUT2D eigenvalue weighted by molar-refractivity contribution is 0.112. The van der Waals surface area contributed by atoms with E-state index < -0.39 is 0 Å². The Balaban J connectivity index is 2.34. The van der Waals surface area contributed by atoms with E-state index in [2.05, 4.69) is 15.9 Å². The number of nitriles is 1. The minimum absolute atomic E-state index is 0.451. The van der Waals surface area contributed by atoms with Crippen LogP contribution in [0.25, 0.3) is 0 Å². The fourth-order valence-corrected chi connectivity index (χ4v) is 1.84. The fourth-order valence-electron chi connectivity index (χ4n) is 1.46. The molecule has 18 heavy (non-hydrogen) atoms. The van der Waals surface area contributed by atoms with Crippen LogP contribution in [0.4, 0.5) is 0 Å². The van der Waals surface area contributed by atoms with E-state index in [0.717, 1.165) is 10.8 Å². The van der Waals surface area contributed by atoms with Gasteiger partial charge in [0.2, 0.25) is 0 Å². The summed E-state index contributed by atoms with van der Waals surface area (Å²) in [6.45, 7) is 0. The van der Waals surface area contributed by atoms with E-state index in [1.54, 1.807) is 42.5 Å². The van der Waals surface area contributed by atoms with Crippen LogP contribution in [0.3, 0.4) is 0 Å². The number of halogens is 1. The second kappa shape index (κ2) is 5.48. The largest absolute Gasteiger partial charge is 0.457 e. The highest BCUT2D eigenvalue weighted by molar-refractivity contribution is 9.10. The molecule has 0 aliphatic heterocycles. The first-order valence-corrected chi connectivity index (χ1v) is 5.95. The molecule has 2 aromatic rings. The summed E-state index contributed by atoms with van der Waals surface area (Å²) in [4.78, 5) is 10.9. The molecule has 0 aromatic heterocycles. The Kier molecular flexibility index (Phi) is 3.75. The van der Waals surface area contributed by atoms with E-state index in [1.165, 1.54) is 0 Å². The predicted octanol–water partition coefficient (Wildman–Crippen LogP) is 3.93. The van der Waals surface area contributed by atoms with Crippen molar-refractivity contribution in [1.29, 1.82) is 5.26 Å². The molecule has 0 spiro atoms. The lowest BCUT2D eigenvalue weighted by atomic mass is 10.2. The van der Waals surface area contributed by atoms with E-state index in [0.29, 0.717) is 22.6 Å². The van der Waals surface area contributed by atoms with Gasteiger partial charge in [0.15, 0.2) is 6.29 Å². The molecule has 2 rings (SSSR count). The lowest BCUT2D eigenvalue weighted by Crippen LogP contribution is -1.90. The van der Waals surface area contributed by atoms with E-state index in [1.807, 2.05) is 6.07 Å². The Labute approximate surface area is 113 Å². The highest BCUT2D eigenvalue weighted by Crippen LogP contribution is 2.27. The minimum atomic E-state index is 0.451. The standard InChI is InChI=1S/C14H8BrNO2/c15-12-4-5-14(11(7-12)9-17)18-13-3-1-2-10(6-13)8-16/h1-7,9H. The molecular weight excluding hydrogens is 294 g/mol. The van der Waals surface area contributed by atoms with Gasteiger partial charge in [0.25, 0.3) is 0 Å². The van der Waals surface area contributed by atoms with Crippen molar-refractivity contribution in [3.63, 3.8) is 0 Å². The summed E-state index contributed by atoms with van der Waals surface area (Å²) < 4.78 is 6.40. The third-order valence-corrected chi connectivity index (χ3v) is 2.78. The maximum absolute atomic E-state index is 10.9. The second-order valence-electron chi connectivity index (χ2n) is 3.54. The van der Waals surface area contributed by atoms with Gasteiger partial charge >= 0.3 is 0 Å². The number of rotatable bonds is 3. The van der Waals surface area contributed by atoms with E-state index in [9.17, 15) is 4.79 Å². The van der Waals surface area contributed by atoms with Crippen LogP contribution < -0.4 is 4.74 Å². The van der Waals surface area contributed by atoms with Crippen molar-refractivity contribution in [1.82, 2.24) is 0 Å². The molecule has 88 valence electrons. The number of benzene rings is 2. The zero-order valence-corrected chi connectivity index (χ0v) is 10.8. The minimum Gasteiger partial charge on any atom is -0.457 e. The van der Waals surface area contributed by atoms with Gasteiger partial charge in [0.05, 0.1) is 17.2 Å². The molecule has 0 saturated carbocycles. The molecule has 2 aromatic carbocycles. The van der Waals surface area contributed by atoms with Crippen molar-refractivity contribution in [2.24, 2.45) is 0 Å². The van der Waals surface area contributed by atoms with Crippen LogP contribution in [0, 0.1) is 11.3 Å². The molecule has 0 atom stereocenters. The monoisotopic (exact) mass is 301 g/mol. The maximum Gasteiger partial charge on any atom is 0.153 e. The first-order chi connectivity index (χ1) is 8.72. The van der Waals surface area contributed by atoms with E-state index in [4.69, 9.17) is 10.00 Å². The second-order valence-corrected chi connectivity index (χ2v) is 4.46. The summed E-state index contributed by atoms with van der Waals surface area (Å²) in [7, 11) is 0. The number of aldehydes is 1. The molecule has 0 radical (unpaired) electrons. The molecule has 0 aliphatic rings. The zero-order valence-electron chi connectivity index (χ0n) is 9.26. The molecule has 0 heterocycles. The summed E-state index contributed by atoms with van der Waals surface area (Å²) in [5, 5.41) is 8.80. The predicted molar refractivity (Wildman–Crippen MR) is 70.8 cm³/mol. The maximum atomic E-state index is 10.9. The number of hydrogen-bond donors (Lipinski definition) is 0. The molecule has 0 saturated heterocycles. The van der Waals surface area contributed by atoms with Crippen LogP contribution in [0.15, 0.2) is 46.9 Å². The first-order valence-electron chi connectivity index (χ1n) is 5.15. The SMILES string of the molecule is N#Cc1cccc(Oc2ccc(Br)cc2C=O)c1. The summed E-state index contributed by atoms with van der Waals surface area (Å²) in [6.07, 6.45) is 0.730. The molecule has 0 unspecified atom stereocenters. The summed E-state index contributed by atoms with van der Waals surface area (Å²) >= 11 is 3.29. The quantitative estimate of drug-likeness (QED) is 0.807. The molecule has 3 nitrogen and oxygen atoms in total. The molecule has 0 amide bonds. The van der Waals surface area contributed by atoms with E-state index in [-0.39, 0.29) is 0 Å². The average Bonchev–Trinajstić information content (AvgIpc) is 2.41. The molecule has 0 N–H and O–H groups in total. The summed E-state index contributed by atoms with van der Waals surface area (Å²) in [5.74, 6) is 0.989. The average molecular weight is 302 g/mol. The van der Waals surface area contributed by atoms with Crippen molar-refractivity contribution in [2.75, 3.05) is 0 Å². The number of ether oxygens (including phenoxy) is 1. The topological polar surface area (TPSA) is 50.1 Å². The normalized spacial score (nSPS) is 9.56. The van der Waals surface area contributed by atoms with Gasteiger partial charge in [0, 0.05) is 4.47 Å². The van der Waals surface area contributed by atoms with Crippen LogP contribution >= 0.6 is 15.9 Å². The van der Waals surface area contributed by atoms with E-state index >= 15 is 0 Å². The van der Waals surface area contributed by atoms with Crippen LogP contribution in [0.2, 0.25) is 0 Å². The zero-order chi connectivity index (χ0) is 13.0. The van der Waals surface area contributed by atoms with Crippen molar-refractivity contribution in [3.8, 4) is 17.6 Å². The molecule has 0 aliphatic carbocycles. The van der Waals surface area contributed by atoms with Gasteiger partial charge in [-0.3, -0.25) is 4.79 Å². The van der Waals surface area contributed by atoms with Gasteiger partial charge in [0.1, 0.15) is 11.5 Å². The lowest BCUT2D eigenvalue weighted by Gasteiger charge is -2.08. The Hall–Kier alpha value is -2.12. The third-order valence-electron chi connectivity index (χ3n) is 2.29. The third kappa shape index (κ3) is 2.76. The van der Waals surface area contributed by atoms with Crippen LogP contribution in [0.5, 0.6) is 11.5 Å². The van der Waals surface area contributed by atoms with Crippen molar-refractivity contribution >= 4 is 22.2 Å². The Bertz CT molecular complexity index is 632. The van der Waals surface area contributed by atoms with Crippen molar-refractivity contribution in [2.45, 2.75) is 0 Å². The smallest absolute Gasteiger partial charge is 0.153 e. The number of carbonyl (C=O) groups is 1. The van der Waals surface area contributed by atoms with Crippen molar-refractivity contribution < 1.29 is 9.53 Å². The van der Waals surface area contributed by atoms with Gasteiger partial charge in [-0.05, 0) is 36.4 Å². The molecule has 0 bridgehead atoms. The Morgan fingerprint density at radius 1 is 1.22 bits per heavy atom. The molecule has 4 heteroatoms. The van der Waals surface area contributed by atoms with Crippen LogP contribution in [-0.2, 0) is 0 Å². The van der Waals surface area contributed by atoms with Gasteiger partial charge < -0.3 is 4.74 Å². The fraction of sp³-hybridized carbons (Fsp3) is 0. The summed E-state index contributed by atoms with van der Waals surface area (Å²) in [6, 6.07) is 14.0. The van der Waals surface area contributed by atoms with Gasteiger partial charge in [-0.2, -0.15) is 5.26 Å². The summed E-state index contributed by atoms with van der Waals surface area (Å²) in [5.41, 5.74) is 0.962. The number of carbonyl (C=O) groups excluding carboxylic acids is 1. The van der Waals surface area contributed by atoms with Crippen LogP contribution in [0.1, 0.15) is 15.9 Å². The highest BCUT2D eigenvalue weighted by Gasteiger charge is 2.05. The Morgan fingerprint density at radius 3 is 2.78 bits per heavy atom. The van der Waals surface area contributed by atoms with Gasteiger partial charge in [-0.25, -0.2) is 0 Å². The molecule has 0 fully saturated rings. The number of nitrogens with zero attached hydrogens (tertiary/aromatic N) is 1. The highest BCUT2D eigenvalue weighted by atomic mass is 79.9. The molecular formula is C14H8BrNO2. The Morgan fingerprint density at radius 2 is 2.06 bits per heavy atom. The first kappa shape index (κ1) is 12.3. The van der Waals surface area contributed by atoms with Crippen LogP contribution in [-0.4, -0.2) is 6.29 Å². The van der Waals surface area contributed by atoms with Gasteiger partial charge in [-0.1, -0.05) is 22.0 Å². The van der Waals surface area contributed by atoms with Crippen molar-refractivity contribution in [3.05, 3.63) is 58.1 Å². The van der Waals surface area contributed by atoms with Gasteiger partial charge in [-0.15, -0.1) is 0 Å².